The van der Waals surface area contributed by atoms with Crippen molar-refractivity contribution in [2.24, 2.45) is 7.05 Å². The number of hydrogen-bond donors (Lipinski definition) is 1. The van der Waals surface area contributed by atoms with E-state index in [1.54, 1.807) is 16.0 Å². The van der Waals surface area contributed by atoms with Gasteiger partial charge < -0.3 is 10.2 Å². The van der Waals surface area contributed by atoms with Gasteiger partial charge in [0, 0.05) is 49.4 Å². The van der Waals surface area contributed by atoms with E-state index in [4.69, 9.17) is 9.97 Å². The van der Waals surface area contributed by atoms with Crippen LogP contribution in [0.3, 0.4) is 0 Å². The number of aryl methyl sites for hydroxylation is 1. The van der Waals surface area contributed by atoms with Gasteiger partial charge in [0.15, 0.2) is 5.13 Å². The molecule has 4 aromatic rings. The molecule has 0 spiro atoms. The van der Waals surface area contributed by atoms with E-state index in [1.807, 2.05) is 31.4 Å². The maximum Gasteiger partial charge on any atom is 0.187 e. The van der Waals surface area contributed by atoms with Crippen LogP contribution in [0.1, 0.15) is 37.7 Å². The largest absolute Gasteiger partial charge is 0.348 e. The highest BCUT2D eigenvalue weighted by Gasteiger charge is 2.33. The van der Waals surface area contributed by atoms with Crippen molar-refractivity contribution in [2.75, 3.05) is 11.9 Å². The predicted octanol–water partition coefficient (Wildman–Crippen LogP) is 4.65. The second-order valence-corrected chi connectivity index (χ2v) is 10.1. The first-order valence-corrected chi connectivity index (χ1v) is 12.0. The first-order valence-electron chi connectivity index (χ1n) is 11.2. The van der Waals surface area contributed by atoms with Gasteiger partial charge in [-0.2, -0.15) is 10.4 Å². The molecule has 0 amide bonds. The molecule has 0 radical (unpaired) electrons. The summed E-state index contributed by atoms with van der Waals surface area (Å²) >= 11 is 1.66. The van der Waals surface area contributed by atoms with Crippen molar-refractivity contribution in [3.63, 3.8) is 0 Å². The number of piperidine rings is 2. The van der Waals surface area contributed by atoms with Gasteiger partial charge in [-0.05, 0) is 49.9 Å². The number of nitriles is 1. The van der Waals surface area contributed by atoms with Crippen LogP contribution in [0.25, 0.3) is 32.5 Å². The zero-order valence-corrected chi connectivity index (χ0v) is 20.3. The zero-order chi connectivity index (χ0) is 21.8. The topological polar surface area (TPSA) is 82.7 Å². The second-order valence-electron chi connectivity index (χ2n) is 9.12. The molecule has 1 aromatic carbocycles. The summed E-state index contributed by atoms with van der Waals surface area (Å²) in [7, 11) is 4.05. The van der Waals surface area contributed by atoms with Gasteiger partial charge >= 0.3 is 0 Å². The number of benzene rings is 1. The number of nitrogens with zero attached hydrogens (tertiary/aromatic N) is 6. The van der Waals surface area contributed by atoms with Gasteiger partial charge in [-0.1, -0.05) is 17.8 Å². The number of hydrogen-bond acceptors (Lipinski definition) is 7. The maximum atomic E-state index is 9.60. The molecule has 6 rings (SSSR count). The SMILES string of the molecule is CN(c1nc2ccc(-c3cc(C#N)c4nn(C)cc4c3)nc2s1)C1C[C@H]2CCC[C@@H](C1)N2.Cl. The predicted molar refractivity (Wildman–Crippen MR) is 135 cm³/mol. The standard InChI is InChI=1S/C24H25N7S.ClH/c1-30-13-16-9-14(8-15(12-25)22(16)29-30)20-6-7-21-23(27-20)32-24(28-21)31(2)19-10-17-4-3-5-18(11-19)26-17;/h6-9,13,17-19,26H,3-5,10-11H2,1-2H3;1H/t17-,18+,19?;. The highest BCUT2D eigenvalue weighted by Crippen LogP contribution is 2.35. The average Bonchev–Trinajstić information content (AvgIpc) is 3.39. The second kappa shape index (κ2) is 8.56. The van der Waals surface area contributed by atoms with Gasteiger partial charge in [0.1, 0.15) is 21.9 Å². The van der Waals surface area contributed by atoms with Crippen LogP contribution in [-0.4, -0.2) is 44.9 Å². The Morgan fingerprint density at radius 3 is 2.73 bits per heavy atom. The van der Waals surface area contributed by atoms with Gasteiger partial charge in [0.25, 0.3) is 0 Å². The van der Waals surface area contributed by atoms with Gasteiger partial charge in [-0.15, -0.1) is 12.4 Å². The summed E-state index contributed by atoms with van der Waals surface area (Å²) in [6, 6.07) is 12.1. The number of halogens is 1. The number of fused-ring (bicyclic) bond motifs is 4. The Labute approximate surface area is 202 Å². The number of nitrogens with one attached hydrogen (secondary N) is 1. The van der Waals surface area contributed by atoms with Crippen LogP contribution in [0.2, 0.25) is 0 Å². The third-order valence-corrected chi connectivity index (χ3v) is 7.98. The molecule has 0 saturated carbocycles. The number of rotatable bonds is 3. The molecule has 3 atom stereocenters. The number of anilines is 1. The summed E-state index contributed by atoms with van der Waals surface area (Å²) in [6.45, 7) is 0. The van der Waals surface area contributed by atoms with E-state index < -0.39 is 0 Å². The summed E-state index contributed by atoms with van der Waals surface area (Å²) in [6.07, 6.45) is 8.24. The van der Waals surface area contributed by atoms with Gasteiger partial charge in [0.05, 0.1) is 11.3 Å². The van der Waals surface area contributed by atoms with Crippen molar-refractivity contribution < 1.29 is 0 Å². The lowest BCUT2D eigenvalue weighted by Crippen LogP contribution is -2.54. The third-order valence-electron chi connectivity index (χ3n) is 6.92. The zero-order valence-electron chi connectivity index (χ0n) is 18.7. The van der Waals surface area contributed by atoms with Crippen LogP contribution in [0.4, 0.5) is 5.13 Å². The van der Waals surface area contributed by atoms with Crippen LogP contribution in [0.15, 0.2) is 30.5 Å². The third kappa shape index (κ3) is 3.95. The minimum Gasteiger partial charge on any atom is -0.348 e. The molecule has 2 aliphatic rings. The summed E-state index contributed by atoms with van der Waals surface area (Å²) in [4.78, 5) is 13.1. The van der Waals surface area contributed by atoms with Crippen LogP contribution in [-0.2, 0) is 7.05 Å². The van der Waals surface area contributed by atoms with E-state index in [9.17, 15) is 5.26 Å². The Hall–Kier alpha value is -2.73. The number of thiazole rings is 1. The molecule has 2 bridgehead atoms. The van der Waals surface area contributed by atoms with Crippen LogP contribution >= 0.6 is 23.7 Å². The highest BCUT2D eigenvalue weighted by atomic mass is 35.5. The number of aromatic nitrogens is 4. The Balaban J connectivity index is 0.00000228. The molecule has 1 N–H and O–H groups in total. The van der Waals surface area contributed by atoms with Crippen molar-refractivity contribution in [3.05, 3.63) is 36.0 Å². The highest BCUT2D eigenvalue weighted by molar-refractivity contribution is 7.21. The van der Waals surface area contributed by atoms with Crippen molar-refractivity contribution in [1.82, 2.24) is 25.1 Å². The molecule has 2 saturated heterocycles. The normalized spacial score (nSPS) is 22.2. The molecule has 2 aliphatic heterocycles. The fourth-order valence-corrected chi connectivity index (χ4v) is 6.29. The smallest absolute Gasteiger partial charge is 0.187 e. The molecular formula is C24H26ClN7S. The quantitative estimate of drug-likeness (QED) is 0.460. The van der Waals surface area contributed by atoms with E-state index in [2.05, 4.69) is 34.5 Å². The Bertz CT molecular complexity index is 1360. The molecule has 2 fully saturated rings. The Morgan fingerprint density at radius 2 is 1.97 bits per heavy atom. The fourth-order valence-electron chi connectivity index (χ4n) is 5.31. The van der Waals surface area contributed by atoms with Gasteiger partial charge in [0.2, 0.25) is 0 Å². The molecule has 9 heteroatoms. The van der Waals surface area contributed by atoms with E-state index >= 15 is 0 Å². The maximum absolute atomic E-state index is 9.60. The van der Waals surface area contributed by atoms with Gasteiger partial charge in [-0.25, -0.2) is 9.97 Å². The minimum absolute atomic E-state index is 0. The lowest BCUT2D eigenvalue weighted by atomic mass is 9.83. The van der Waals surface area contributed by atoms with Gasteiger partial charge in [-0.3, -0.25) is 4.68 Å². The van der Waals surface area contributed by atoms with Crippen LogP contribution in [0.5, 0.6) is 0 Å². The van der Waals surface area contributed by atoms with Crippen molar-refractivity contribution in [3.8, 4) is 17.3 Å². The molecule has 170 valence electrons. The molecule has 5 heterocycles. The Kier molecular flexibility index (Phi) is 5.73. The van der Waals surface area contributed by atoms with E-state index in [0.717, 1.165) is 37.6 Å². The summed E-state index contributed by atoms with van der Waals surface area (Å²) < 4.78 is 1.74. The van der Waals surface area contributed by atoms with Crippen molar-refractivity contribution in [1.29, 1.82) is 5.26 Å². The molecule has 1 unspecified atom stereocenters. The van der Waals surface area contributed by atoms with E-state index in [-0.39, 0.29) is 12.4 Å². The number of pyridine rings is 1. The van der Waals surface area contributed by atoms with E-state index in [1.165, 1.54) is 32.1 Å². The molecule has 7 nitrogen and oxygen atoms in total. The fraction of sp³-hybridized carbons (Fsp3) is 0.417. The van der Waals surface area contributed by atoms with Crippen molar-refractivity contribution in [2.45, 2.75) is 50.2 Å². The van der Waals surface area contributed by atoms with Crippen LogP contribution in [0, 0.1) is 11.3 Å². The summed E-state index contributed by atoms with van der Waals surface area (Å²) in [5.74, 6) is 0. The molecular weight excluding hydrogens is 454 g/mol. The minimum atomic E-state index is 0. The molecule has 3 aromatic heterocycles. The van der Waals surface area contributed by atoms with E-state index in [0.29, 0.717) is 23.7 Å². The van der Waals surface area contributed by atoms with Crippen molar-refractivity contribution >= 4 is 50.1 Å². The monoisotopic (exact) mass is 479 g/mol. The first kappa shape index (κ1) is 22.1. The van der Waals surface area contributed by atoms with Crippen LogP contribution < -0.4 is 10.2 Å². The molecule has 0 aliphatic carbocycles. The Morgan fingerprint density at radius 1 is 1.18 bits per heavy atom. The average molecular weight is 480 g/mol. The lowest BCUT2D eigenvalue weighted by Gasteiger charge is -2.43. The summed E-state index contributed by atoms with van der Waals surface area (Å²) in [5.41, 5.74) is 4.01. The first-order chi connectivity index (χ1) is 15.6. The lowest BCUT2D eigenvalue weighted by molar-refractivity contribution is 0.219. The molecule has 33 heavy (non-hydrogen) atoms. The summed E-state index contributed by atoms with van der Waals surface area (Å²) in [5, 5.41) is 19.8.